The Balaban J connectivity index is 0.000000325. The summed E-state index contributed by atoms with van der Waals surface area (Å²) in [6.45, 7) is 4.82. The summed E-state index contributed by atoms with van der Waals surface area (Å²) in [4.78, 5) is 37.3. The molecule has 1 saturated heterocycles. The van der Waals surface area contributed by atoms with Gasteiger partial charge in [0, 0.05) is 37.5 Å². The van der Waals surface area contributed by atoms with Crippen molar-refractivity contribution >= 4 is 34.9 Å². The number of carbonyl (C=O) groups is 2. The van der Waals surface area contributed by atoms with E-state index in [1.807, 2.05) is 42.1 Å². The molecule has 184 valence electrons. The van der Waals surface area contributed by atoms with Gasteiger partial charge >= 0.3 is 0 Å². The maximum atomic E-state index is 12.1. The van der Waals surface area contributed by atoms with Gasteiger partial charge in [-0.15, -0.1) is 0 Å². The number of fused-ring (bicyclic) bond motifs is 1. The van der Waals surface area contributed by atoms with E-state index in [4.69, 9.17) is 10.8 Å². The zero-order chi connectivity index (χ0) is 25.5. The van der Waals surface area contributed by atoms with Crippen LogP contribution in [0.1, 0.15) is 29.2 Å². The fraction of sp³-hybridized carbons (Fsp3) is 0.231. The van der Waals surface area contributed by atoms with Crippen molar-refractivity contribution in [3.63, 3.8) is 0 Å². The zero-order valence-corrected chi connectivity index (χ0v) is 20.0. The predicted molar refractivity (Wildman–Crippen MR) is 139 cm³/mol. The van der Waals surface area contributed by atoms with Crippen LogP contribution in [0, 0.1) is 0 Å². The summed E-state index contributed by atoms with van der Waals surface area (Å²) < 4.78 is 1.85. The van der Waals surface area contributed by atoms with Gasteiger partial charge in [-0.05, 0) is 31.1 Å². The number of aldehydes is 1. The number of carbonyl (C=O) groups excluding carboxylic acids is 2. The van der Waals surface area contributed by atoms with Crippen molar-refractivity contribution in [1.82, 2.24) is 29.6 Å². The van der Waals surface area contributed by atoms with Gasteiger partial charge in [0.15, 0.2) is 5.65 Å². The Kier molecular flexibility index (Phi) is 7.64. The third kappa shape index (κ3) is 5.22. The van der Waals surface area contributed by atoms with Gasteiger partial charge in [0.2, 0.25) is 5.91 Å². The lowest BCUT2D eigenvalue weighted by Gasteiger charge is -2.32. The molecule has 0 spiro atoms. The van der Waals surface area contributed by atoms with Crippen molar-refractivity contribution in [2.75, 3.05) is 31.2 Å². The Morgan fingerprint density at radius 1 is 1.17 bits per heavy atom. The first-order chi connectivity index (χ1) is 17.5. The molecule has 3 aromatic heterocycles. The van der Waals surface area contributed by atoms with Crippen LogP contribution in [0.5, 0.6) is 0 Å². The van der Waals surface area contributed by atoms with Gasteiger partial charge in [0.25, 0.3) is 0 Å². The number of nitrogens with zero attached hydrogens (tertiary/aromatic N) is 6. The predicted octanol–water partition coefficient (Wildman–Crippen LogP) is 3.36. The average molecular weight is 485 g/mol. The average Bonchev–Trinajstić information content (AvgIpc) is 3.34. The van der Waals surface area contributed by atoms with Crippen LogP contribution in [-0.2, 0) is 4.79 Å². The quantitative estimate of drug-likeness (QED) is 0.326. The number of amides is 1. The molecule has 0 bridgehead atoms. The molecule has 36 heavy (non-hydrogen) atoms. The summed E-state index contributed by atoms with van der Waals surface area (Å²) in [7, 11) is 1.85. The molecule has 1 fully saturated rings. The van der Waals surface area contributed by atoms with Crippen LogP contribution in [0.2, 0.25) is 0 Å². The van der Waals surface area contributed by atoms with E-state index in [0.717, 1.165) is 30.5 Å². The Morgan fingerprint density at radius 2 is 1.97 bits per heavy atom. The molecule has 0 saturated carbocycles. The molecule has 1 aliphatic rings. The van der Waals surface area contributed by atoms with Crippen molar-refractivity contribution in [1.29, 1.82) is 0 Å². The number of nitrogen functional groups attached to an aromatic ring is 1. The second kappa shape index (κ2) is 11.2. The van der Waals surface area contributed by atoms with E-state index < -0.39 is 0 Å². The highest BCUT2D eigenvalue weighted by atomic mass is 16.2. The summed E-state index contributed by atoms with van der Waals surface area (Å²) in [6.07, 6.45) is 7.06. The van der Waals surface area contributed by atoms with Crippen LogP contribution in [0.25, 0.3) is 22.3 Å². The maximum Gasteiger partial charge on any atom is 0.246 e. The van der Waals surface area contributed by atoms with Gasteiger partial charge in [-0.1, -0.05) is 36.9 Å². The summed E-state index contributed by atoms with van der Waals surface area (Å²) in [6, 6.07) is 12.9. The van der Waals surface area contributed by atoms with Gasteiger partial charge in [-0.25, -0.2) is 19.6 Å². The second-order valence-electron chi connectivity index (χ2n) is 8.24. The van der Waals surface area contributed by atoms with E-state index in [0.29, 0.717) is 41.2 Å². The van der Waals surface area contributed by atoms with Crippen LogP contribution in [-0.4, -0.2) is 62.0 Å². The number of nitrogens with one attached hydrogen (secondary N) is 1. The van der Waals surface area contributed by atoms with Gasteiger partial charge in [-0.3, -0.25) is 9.59 Å². The van der Waals surface area contributed by atoms with E-state index in [-0.39, 0.29) is 11.9 Å². The first-order valence-corrected chi connectivity index (χ1v) is 11.6. The molecular formula is C26H28N8O2. The maximum absolute atomic E-state index is 12.1. The molecule has 1 aliphatic heterocycles. The minimum absolute atomic E-state index is 0.0163. The molecular weight excluding hydrogens is 456 g/mol. The van der Waals surface area contributed by atoms with Crippen molar-refractivity contribution in [3.05, 3.63) is 73.2 Å². The van der Waals surface area contributed by atoms with Crippen LogP contribution >= 0.6 is 0 Å². The molecule has 1 amide bonds. The molecule has 10 nitrogen and oxygen atoms in total. The molecule has 0 aliphatic carbocycles. The normalized spacial score (nSPS) is 15.0. The minimum atomic E-state index is -0.0834. The fourth-order valence-corrected chi connectivity index (χ4v) is 4.17. The van der Waals surface area contributed by atoms with Crippen molar-refractivity contribution < 1.29 is 9.59 Å². The van der Waals surface area contributed by atoms with E-state index in [1.54, 1.807) is 23.2 Å². The SMILES string of the molecule is C=CC(=O)N1CCCC(n2nc(-c3ccc(C=O)cc3)c3c(N)ncnc32)C1.CNc1ccccn1. The molecule has 4 aromatic rings. The number of nitrogens with two attached hydrogens (primary N) is 1. The van der Waals surface area contributed by atoms with Crippen molar-refractivity contribution in [2.24, 2.45) is 0 Å². The number of pyridine rings is 1. The van der Waals surface area contributed by atoms with E-state index >= 15 is 0 Å². The number of rotatable bonds is 5. The summed E-state index contributed by atoms with van der Waals surface area (Å²) >= 11 is 0. The minimum Gasteiger partial charge on any atom is -0.383 e. The van der Waals surface area contributed by atoms with Gasteiger partial charge in [-0.2, -0.15) is 5.10 Å². The molecule has 10 heteroatoms. The number of hydrogen-bond donors (Lipinski definition) is 2. The monoisotopic (exact) mass is 484 g/mol. The molecule has 5 rings (SSSR count). The van der Waals surface area contributed by atoms with Crippen molar-refractivity contribution in [3.8, 4) is 11.3 Å². The van der Waals surface area contributed by atoms with Crippen LogP contribution in [0.15, 0.2) is 67.6 Å². The summed E-state index contributed by atoms with van der Waals surface area (Å²) in [5, 5.41) is 8.39. The number of piperidine rings is 1. The molecule has 4 heterocycles. The van der Waals surface area contributed by atoms with Gasteiger partial charge in [0.05, 0.1) is 11.4 Å². The Morgan fingerprint density at radius 3 is 2.61 bits per heavy atom. The number of aromatic nitrogens is 5. The summed E-state index contributed by atoms with van der Waals surface area (Å²) in [5.41, 5.74) is 8.87. The van der Waals surface area contributed by atoms with E-state index in [1.165, 1.54) is 12.4 Å². The van der Waals surface area contributed by atoms with E-state index in [2.05, 4.69) is 26.8 Å². The number of likely N-dealkylation sites (tertiary alicyclic amines) is 1. The zero-order valence-electron chi connectivity index (χ0n) is 20.0. The number of benzene rings is 1. The highest BCUT2D eigenvalue weighted by Gasteiger charge is 2.27. The van der Waals surface area contributed by atoms with E-state index in [9.17, 15) is 9.59 Å². The lowest BCUT2D eigenvalue weighted by atomic mass is 10.1. The molecule has 1 atom stereocenters. The lowest BCUT2D eigenvalue weighted by Crippen LogP contribution is -2.40. The first-order valence-electron chi connectivity index (χ1n) is 11.6. The van der Waals surface area contributed by atoms with Crippen LogP contribution in [0.3, 0.4) is 0 Å². The molecule has 1 unspecified atom stereocenters. The topological polar surface area (TPSA) is 132 Å². The standard InChI is InChI=1S/C20H20N6O2.C6H8N2/c1-2-16(28)25-9-3-4-15(10-25)26-20-17(19(21)22-12-23-20)18(24-26)14-7-5-13(11-27)6-8-14;1-7-6-4-2-3-5-8-6/h2,5-8,11-12,15H,1,3-4,9-10H2,(H2,21,22,23);2-5H,1H3,(H,7,8). The Labute approximate surface area is 208 Å². The smallest absolute Gasteiger partial charge is 0.246 e. The first kappa shape index (κ1) is 24.5. The number of hydrogen-bond acceptors (Lipinski definition) is 8. The fourth-order valence-electron chi connectivity index (χ4n) is 4.17. The lowest BCUT2D eigenvalue weighted by molar-refractivity contribution is -0.127. The third-order valence-electron chi connectivity index (χ3n) is 5.99. The largest absolute Gasteiger partial charge is 0.383 e. The van der Waals surface area contributed by atoms with Crippen LogP contribution in [0.4, 0.5) is 11.6 Å². The van der Waals surface area contributed by atoms with Crippen LogP contribution < -0.4 is 11.1 Å². The molecule has 3 N–H and O–H groups in total. The molecule has 0 radical (unpaired) electrons. The highest BCUT2D eigenvalue weighted by molar-refractivity contribution is 5.98. The van der Waals surface area contributed by atoms with Gasteiger partial charge in [0.1, 0.15) is 29.9 Å². The number of anilines is 2. The van der Waals surface area contributed by atoms with Crippen molar-refractivity contribution in [2.45, 2.75) is 18.9 Å². The summed E-state index contributed by atoms with van der Waals surface area (Å²) in [5.74, 6) is 1.17. The Hall–Kier alpha value is -4.60. The third-order valence-corrected chi connectivity index (χ3v) is 5.99. The molecule has 1 aromatic carbocycles. The Bertz CT molecular complexity index is 1350. The van der Waals surface area contributed by atoms with Gasteiger partial charge < -0.3 is 16.0 Å². The second-order valence-corrected chi connectivity index (χ2v) is 8.24. The highest BCUT2D eigenvalue weighted by Crippen LogP contribution is 2.33.